The van der Waals surface area contributed by atoms with Crippen LogP contribution in [-0.4, -0.2) is 170 Å². The number of hydrogen-bond acceptors (Lipinski definition) is 25. The summed E-state index contributed by atoms with van der Waals surface area (Å²) in [6.07, 6.45) is 41.7. The van der Waals surface area contributed by atoms with E-state index in [1.165, 1.54) is 124 Å². The van der Waals surface area contributed by atoms with Gasteiger partial charge in [0.1, 0.15) is 11.6 Å². The fourth-order valence-electron chi connectivity index (χ4n) is 14.4. The van der Waals surface area contributed by atoms with Gasteiger partial charge in [-0.1, -0.05) is 69.9 Å². The number of carboxylic acids is 3. The van der Waals surface area contributed by atoms with Crippen molar-refractivity contribution in [2.45, 2.75) is 253 Å². The van der Waals surface area contributed by atoms with Crippen molar-refractivity contribution >= 4 is 159 Å². The summed E-state index contributed by atoms with van der Waals surface area (Å²) in [6.45, 7) is 9.50. The molecule has 8 aliphatic carbocycles. The van der Waals surface area contributed by atoms with E-state index in [-0.39, 0.29) is 128 Å². The molecule has 0 aromatic carbocycles. The first-order valence-electron chi connectivity index (χ1n) is 38.8. The molecule has 0 aromatic heterocycles. The second-order valence-electron chi connectivity index (χ2n) is 29.5. The Morgan fingerprint density at radius 3 is 0.731 bits per heavy atom. The van der Waals surface area contributed by atoms with Crippen molar-refractivity contribution in [1.29, 1.82) is 0 Å². The third kappa shape index (κ3) is 55.2. The van der Waals surface area contributed by atoms with E-state index in [4.69, 9.17) is 29.9 Å². The largest absolute Gasteiger partial charge is 1.00 e. The van der Waals surface area contributed by atoms with Gasteiger partial charge in [-0.2, -0.15) is 25.3 Å². The Kier molecular flexibility index (Phi) is 70.9. The van der Waals surface area contributed by atoms with E-state index < -0.39 is 26.8 Å². The molecule has 108 heavy (non-hydrogen) atoms. The Bertz CT molecular complexity index is 2370. The molecule has 626 valence electrons. The standard InChI is InChI=1S/2C10H18O2.C10H18OS2.C9H14O4.C9H16O3.C9H16O2S2.C9H16OS.C8H14O2S.C2H6O2S2.C2H4OS.K/c2*1-3-8-4-6-9(7-5-8)10(11)12-2;1-8(11)10-5-3-9(4-6-10)7-13-12-2;1-13-9(12)7-4-2-6(3-5-7)8(10)11;1-12-9(11)8-4-2-7(6-10)3-5-8;1-12-13-6-7-2-4-8(5-3-7)9(10)11;1-7(10)9-4-2-8(6-11)3-5-9;9-8(10)7-3-1-6(5-11)2-4-7;1-5-6(2,3)4;1-2(3)4;/h2*8-9H,3-7H2,1-2H3;9-10H,3-7H2,1-2H3;6-7H,2-5H2,1H3,(H,10,11);7-8,10H,2-6H2,1H3;7-8H,2-6H2,1H3,(H,10,11);8-9,11H,2-6H2,1H3;6-7,11H,1-5H2,(H,9,10);1-2H3;1H3,(H,3,4);/q;;;;;;;;;;+1/p-1. The summed E-state index contributed by atoms with van der Waals surface area (Å²) in [5.41, 5.74) is 0. The van der Waals surface area contributed by atoms with Gasteiger partial charge in [-0.25, -0.2) is 8.42 Å². The predicted octanol–water partition coefficient (Wildman–Crippen LogP) is 14.6. The summed E-state index contributed by atoms with van der Waals surface area (Å²) in [5, 5.41) is 34.8. The average Bonchev–Trinajstić information content (AvgIpc) is 0.898. The Morgan fingerprint density at radius 2 is 0.556 bits per heavy atom. The van der Waals surface area contributed by atoms with Crippen molar-refractivity contribution < 1.29 is 147 Å². The molecule has 0 saturated heterocycles. The van der Waals surface area contributed by atoms with Gasteiger partial charge in [-0.15, -0.1) is 0 Å². The minimum atomic E-state index is -2.75. The fourth-order valence-corrected chi connectivity index (χ4v) is 18.4. The number of carbonyl (C=O) groups excluding carboxylic acids is 7. The van der Waals surface area contributed by atoms with Crippen LogP contribution in [0.5, 0.6) is 0 Å². The van der Waals surface area contributed by atoms with Crippen molar-refractivity contribution in [2.75, 3.05) is 83.1 Å². The number of methoxy groups -OCH3 is 4. The first-order valence-corrected chi connectivity index (χ1v) is 49.6. The molecule has 0 radical (unpaired) electrons. The Morgan fingerprint density at radius 1 is 0.370 bits per heavy atom. The van der Waals surface area contributed by atoms with E-state index in [9.17, 15) is 56.4 Å². The van der Waals surface area contributed by atoms with Crippen LogP contribution in [0, 0.1) is 94.7 Å². The molecule has 0 aromatic rings. The molecule has 0 atom stereocenters. The van der Waals surface area contributed by atoms with Gasteiger partial charge < -0.3 is 56.8 Å². The van der Waals surface area contributed by atoms with Crippen LogP contribution < -0.4 is 51.4 Å². The van der Waals surface area contributed by atoms with Gasteiger partial charge >= 0.3 is 93.2 Å². The molecule has 30 heteroatoms. The van der Waals surface area contributed by atoms with Gasteiger partial charge in [0, 0.05) is 41.3 Å². The second-order valence-corrected chi connectivity index (χ2v) is 40.6. The fraction of sp³-hybridized carbons (Fsp3) is 0.872. The van der Waals surface area contributed by atoms with Gasteiger partial charge in [-0.3, -0.25) is 43.2 Å². The molecule has 0 unspecified atom stereocenters. The van der Waals surface area contributed by atoms with Crippen LogP contribution in [0.25, 0.3) is 0 Å². The van der Waals surface area contributed by atoms with Gasteiger partial charge in [0.25, 0.3) is 0 Å². The predicted molar refractivity (Wildman–Crippen MR) is 450 cm³/mol. The number of Topliss-reactive ketones (excluding diaryl/α,β-unsaturated/α-hetero) is 2. The van der Waals surface area contributed by atoms with Crippen LogP contribution in [0.2, 0.25) is 0 Å². The number of hydrogen-bond donors (Lipinski definition) is 6. The number of rotatable bonds is 21. The van der Waals surface area contributed by atoms with Crippen LogP contribution in [0.3, 0.4) is 0 Å². The molecule has 8 fully saturated rings. The summed E-state index contributed by atoms with van der Waals surface area (Å²) in [4.78, 5) is 108. The van der Waals surface area contributed by atoms with Crippen molar-refractivity contribution in [3.05, 3.63) is 0 Å². The summed E-state index contributed by atoms with van der Waals surface area (Å²) in [5.74, 6) is 8.76. The number of ketones is 2. The number of ether oxygens (including phenoxy) is 4. The molecular formula is C78H139KO20S9. The number of esters is 4. The maximum Gasteiger partial charge on any atom is 1.00 e. The van der Waals surface area contributed by atoms with Gasteiger partial charge in [0.05, 0.1) is 69.9 Å². The maximum atomic E-state index is 11.1. The summed E-state index contributed by atoms with van der Waals surface area (Å²) in [7, 11) is 11.4. The molecule has 0 aliphatic heterocycles. The molecular weight excluding hydrogens is 1580 g/mol. The van der Waals surface area contributed by atoms with Crippen LogP contribution in [0.1, 0.15) is 253 Å². The van der Waals surface area contributed by atoms with E-state index in [0.29, 0.717) is 60.9 Å². The van der Waals surface area contributed by atoms with Crippen LogP contribution in [-0.2, 0) is 88.4 Å². The smallest absolute Gasteiger partial charge is 0.742 e. The first-order chi connectivity index (χ1) is 50.7. The maximum absolute atomic E-state index is 11.1. The summed E-state index contributed by atoms with van der Waals surface area (Å²) in [6, 6.07) is 0. The van der Waals surface area contributed by atoms with Crippen molar-refractivity contribution in [3.63, 3.8) is 0 Å². The zero-order chi connectivity index (χ0) is 81.5. The molecule has 0 spiro atoms. The molecule has 0 bridgehead atoms. The van der Waals surface area contributed by atoms with Crippen molar-refractivity contribution in [3.8, 4) is 0 Å². The molecule has 0 amide bonds. The van der Waals surface area contributed by atoms with E-state index in [1.54, 1.807) is 24.6 Å². The molecule has 8 aliphatic rings. The van der Waals surface area contributed by atoms with Crippen LogP contribution in [0.15, 0.2) is 0 Å². The molecule has 8 saturated carbocycles. The third-order valence-corrected chi connectivity index (χ3v) is 29.4. The van der Waals surface area contributed by atoms with E-state index in [2.05, 4.69) is 73.7 Å². The topological polar surface area (TPSA) is 323 Å². The average molecular weight is 1720 g/mol. The molecule has 8 rings (SSSR count). The third-order valence-electron chi connectivity index (χ3n) is 22.1. The van der Waals surface area contributed by atoms with Gasteiger partial charge in [0.15, 0.2) is 8.87 Å². The normalized spacial score (nSPS) is 27.6. The van der Waals surface area contributed by atoms with Gasteiger partial charge in [0.2, 0.25) is 0 Å². The first kappa shape index (κ1) is 112. The Balaban J connectivity index is -0.00000114. The zero-order valence-corrected chi connectivity index (χ0v) is 78.5. The Labute approximate surface area is 729 Å². The second kappa shape index (κ2) is 68.6. The number of thiol groups is 2. The molecule has 20 nitrogen and oxygen atoms in total. The minimum absolute atomic E-state index is 0. The summed E-state index contributed by atoms with van der Waals surface area (Å²) < 4.78 is 38.6. The number of carboxylic acid groups (broad SMARTS) is 3. The number of aliphatic hydroxyl groups excluding tert-OH is 1. The molecule has 4 N–H and O–H groups in total. The van der Waals surface area contributed by atoms with Crippen molar-refractivity contribution in [1.82, 2.24) is 0 Å². The minimum Gasteiger partial charge on any atom is -0.742 e. The number of aliphatic carboxylic acids is 3. The van der Waals surface area contributed by atoms with Gasteiger partial charge in [-0.05, 0) is 309 Å². The van der Waals surface area contributed by atoms with Crippen LogP contribution >= 0.6 is 79.2 Å². The quantitative estimate of drug-likeness (QED) is 0.0155. The SMILES string of the molecule is CC(=O)C1CCC(CS)CC1.CC(=O)[S-].CCC1CCC(C(=O)OC)CC1.CCC1CCC(C(=O)OC)CC1.COC(=O)C1CCC(C(=O)O)CC1.COC(=O)C1CCC(CO)CC1.CSS(C)(=O)=O.CSSCC1CCC(C(=O)O)CC1.CSSCC1CCC(C(C)=O)CC1.O=C(O)C1CCC(CS)CC1.[K+]. The van der Waals surface area contributed by atoms with E-state index in [1.807, 2.05) is 32.4 Å². The zero-order valence-electron chi connectivity index (χ0n) is 67.9. The number of aliphatic hydroxyl groups is 1. The van der Waals surface area contributed by atoms with E-state index >= 15 is 0 Å². The monoisotopic (exact) mass is 1720 g/mol. The van der Waals surface area contributed by atoms with Crippen LogP contribution in [0.4, 0.5) is 0 Å². The number of carbonyl (C=O) groups is 10. The molecule has 0 heterocycles. The summed E-state index contributed by atoms with van der Waals surface area (Å²) >= 11 is 12.4. The van der Waals surface area contributed by atoms with E-state index in [0.717, 1.165) is 180 Å². The van der Waals surface area contributed by atoms with Crippen molar-refractivity contribution in [2.24, 2.45) is 94.7 Å². The Hall–Kier alpha value is -0.484.